The molecule has 110 valence electrons. The highest BCUT2D eigenvalue weighted by molar-refractivity contribution is 6.31. The van der Waals surface area contributed by atoms with Crippen LogP contribution in [0.4, 0.5) is 0 Å². The lowest BCUT2D eigenvalue weighted by atomic mass is 10.2. The molecule has 0 aliphatic rings. The third-order valence-electron chi connectivity index (χ3n) is 2.66. The first-order valence-electron chi connectivity index (χ1n) is 6.65. The van der Waals surface area contributed by atoms with Gasteiger partial charge in [0, 0.05) is 5.02 Å². The van der Waals surface area contributed by atoms with Crippen LogP contribution >= 0.6 is 11.6 Å². The van der Waals surface area contributed by atoms with Crippen LogP contribution in [0.15, 0.2) is 18.2 Å². The average Bonchev–Trinajstić information content (AvgIpc) is 2.41. The van der Waals surface area contributed by atoms with Crippen LogP contribution in [-0.2, 0) is 14.3 Å². The lowest BCUT2D eigenvalue weighted by Crippen LogP contribution is -2.12. The minimum Gasteiger partial charge on any atom is -0.466 e. The molecule has 0 amide bonds. The molecular weight excluding hydrogens is 280 g/mol. The second kappa shape index (κ2) is 8.59. The molecule has 0 aromatic heterocycles. The Bertz CT molecular complexity index is 471. The lowest BCUT2D eigenvalue weighted by molar-refractivity contribution is -0.147. The smallest absolute Gasteiger partial charge is 0.311 e. The van der Waals surface area contributed by atoms with E-state index in [1.54, 1.807) is 18.2 Å². The molecule has 0 heterocycles. The molecule has 0 aliphatic carbocycles. The number of rotatable bonds is 7. The van der Waals surface area contributed by atoms with E-state index >= 15 is 0 Å². The van der Waals surface area contributed by atoms with Gasteiger partial charge in [0.2, 0.25) is 0 Å². The summed E-state index contributed by atoms with van der Waals surface area (Å²) in [5.74, 6) is -0.405. The summed E-state index contributed by atoms with van der Waals surface area (Å²) < 4.78 is 10.1. The molecule has 0 unspecified atom stereocenters. The monoisotopic (exact) mass is 298 g/mol. The fourth-order valence-corrected chi connectivity index (χ4v) is 1.59. The summed E-state index contributed by atoms with van der Waals surface area (Å²) in [4.78, 5) is 22.9. The molecule has 4 nitrogen and oxygen atoms in total. The van der Waals surface area contributed by atoms with Gasteiger partial charge in [-0.2, -0.15) is 0 Å². The first-order valence-corrected chi connectivity index (χ1v) is 7.03. The fraction of sp³-hybridized carbons (Fsp3) is 0.467. The topological polar surface area (TPSA) is 52.6 Å². The molecule has 0 aliphatic heterocycles. The maximum Gasteiger partial charge on any atom is 0.311 e. The van der Waals surface area contributed by atoms with Crippen LogP contribution in [-0.4, -0.2) is 18.5 Å². The highest BCUT2D eigenvalue weighted by Crippen LogP contribution is 2.21. The molecular formula is C15H19ClO4. The summed E-state index contributed by atoms with van der Waals surface area (Å²) in [7, 11) is 0. The van der Waals surface area contributed by atoms with Gasteiger partial charge >= 0.3 is 11.9 Å². The number of ether oxygens (including phenoxy) is 2. The van der Waals surface area contributed by atoms with Crippen LogP contribution in [0.2, 0.25) is 5.02 Å². The van der Waals surface area contributed by atoms with E-state index in [1.807, 2.05) is 13.8 Å². The van der Waals surface area contributed by atoms with E-state index in [1.165, 1.54) is 0 Å². The molecule has 0 saturated heterocycles. The maximum absolute atomic E-state index is 11.6. The molecule has 0 saturated carbocycles. The Labute approximate surface area is 124 Å². The number of unbranched alkanes of at least 4 members (excludes halogenated alkanes) is 1. The lowest BCUT2D eigenvalue weighted by Gasteiger charge is -2.06. The Morgan fingerprint density at radius 2 is 1.90 bits per heavy atom. The van der Waals surface area contributed by atoms with Gasteiger partial charge in [0.05, 0.1) is 19.4 Å². The largest absolute Gasteiger partial charge is 0.466 e. The molecule has 5 heteroatoms. The van der Waals surface area contributed by atoms with Crippen molar-refractivity contribution in [2.45, 2.75) is 39.5 Å². The summed E-state index contributed by atoms with van der Waals surface area (Å²) in [6.45, 7) is 4.24. The van der Waals surface area contributed by atoms with Gasteiger partial charge in [-0.15, -0.1) is 0 Å². The number of carbonyl (C=O) groups excluding carboxylic acids is 2. The Morgan fingerprint density at radius 1 is 1.20 bits per heavy atom. The molecule has 0 spiro atoms. The molecule has 0 fully saturated rings. The average molecular weight is 299 g/mol. The maximum atomic E-state index is 11.6. The molecule has 0 atom stereocenters. The number of halogens is 1. The van der Waals surface area contributed by atoms with Crippen LogP contribution in [0.1, 0.15) is 38.2 Å². The second-order valence-electron chi connectivity index (χ2n) is 4.46. The van der Waals surface area contributed by atoms with Crippen molar-refractivity contribution >= 4 is 23.5 Å². The second-order valence-corrected chi connectivity index (χ2v) is 4.87. The van der Waals surface area contributed by atoms with Gasteiger partial charge in [0.1, 0.15) is 5.75 Å². The molecule has 0 N–H and O–H groups in total. The van der Waals surface area contributed by atoms with E-state index in [-0.39, 0.29) is 18.8 Å². The van der Waals surface area contributed by atoms with Crippen LogP contribution in [0.25, 0.3) is 0 Å². The molecule has 1 aromatic rings. The van der Waals surface area contributed by atoms with Gasteiger partial charge in [-0.25, -0.2) is 0 Å². The van der Waals surface area contributed by atoms with E-state index in [0.29, 0.717) is 17.4 Å². The van der Waals surface area contributed by atoms with Gasteiger partial charge < -0.3 is 9.47 Å². The summed E-state index contributed by atoms with van der Waals surface area (Å²) in [5.41, 5.74) is 0.830. The number of hydrogen-bond donors (Lipinski definition) is 0. The zero-order valence-corrected chi connectivity index (χ0v) is 12.5. The Hall–Kier alpha value is -1.55. The summed E-state index contributed by atoms with van der Waals surface area (Å²) in [6, 6.07) is 4.96. The van der Waals surface area contributed by atoms with Crippen LogP contribution in [0, 0.1) is 6.92 Å². The SMILES string of the molecule is CCCCOC(=O)CCC(=O)Oc1ccc(Cl)c(C)c1. The van der Waals surface area contributed by atoms with Gasteiger partial charge in [-0.1, -0.05) is 24.9 Å². The summed E-state index contributed by atoms with van der Waals surface area (Å²) in [6.07, 6.45) is 1.84. The van der Waals surface area contributed by atoms with Crippen molar-refractivity contribution in [2.24, 2.45) is 0 Å². The van der Waals surface area contributed by atoms with Crippen molar-refractivity contribution in [3.63, 3.8) is 0 Å². The number of aryl methyl sites for hydroxylation is 1. The van der Waals surface area contributed by atoms with Gasteiger partial charge in [0.15, 0.2) is 0 Å². The minimum atomic E-state index is -0.459. The quantitative estimate of drug-likeness (QED) is 0.438. The number of carbonyl (C=O) groups is 2. The minimum absolute atomic E-state index is 0.00658. The van der Waals surface area contributed by atoms with E-state index in [0.717, 1.165) is 18.4 Å². The fourth-order valence-electron chi connectivity index (χ4n) is 1.47. The zero-order valence-electron chi connectivity index (χ0n) is 11.8. The van der Waals surface area contributed by atoms with Gasteiger partial charge in [-0.05, 0) is 37.1 Å². The van der Waals surface area contributed by atoms with Crippen molar-refractivity contribution in [1.29, 1.82) is 0 Å². The highest BCUT2D eigenvalue weighted by Gasteiger charge is 2.10. The van der Waals surface area contributed by atoms with E-state index < -0.39 is 5.97 Å². The normalized spacial score (nSPS) is 10.2. The third-order valence-corrected chi connectivity index (χ3v) is 3.08. The van der Waals surface area contributed by atoms with E-state index in [9.17, 15) is 9.59 Å². The molecule has 1 rings (SSSR count). The summed E-state index contributed by atoms with van der Waals surface area (Å²) >= 11 is 5.88. The van der Waals surface area contributed by atoms with Crippen molar-refractivity contribution in [1.82, 2.24) is 0 Å². The van der Waals surface area contributed by atoms with Gasteiger partial charge in [-0.3, -0.25) is 9.59 Å². The Balaban J connectivity index is 2.32. The first kappa shape index (κ1) is 16.5. The third kappa shape index (κ3) is 6.06. The Kier molecular flexibility index (Phi) is 7.09. The number of hydrogen-bond acceptors (Lipinski definition) is 4. The Morgan fingerprint density at radius 3 is 2.55 bits per heavy atom. The first-order chi connectivity index (χ1) is 9.52. The standard InChI is InChI=1S/C15H19ClO4/c1-3-4-9-19-14(17)7-8-15(18)20-12-5-6-13(16)11(2)10-12/h5-6,10H,3-4,7-9H2,1-2H3. The van der Waals surface area contributed by atoms with E-state index in [4.69, 9.17) is 21.1 Å². The van der Waals surface area contributed by atoms with Crippen LogP contribution in [0.5, 0.6) is 5.75 Å². The predicted octanol–water partition coefficient (Wildman–Crippen LogP) is 3.68. The van der Waals surface area contributed by atoms with Crippen molar-refractivity contribution in [3.05, 3.63) is 28.8 Å². The molecule has 1 aromatic carbocycles. The number of esters is 2. The predicted molar refractivity (Wildman–Crippen MR) is 76.9 cm³/mol. The van der Waals surface area contributed by atoms with Crippen LogP contribution < -0.4 is 4.74 Å². The highest BCUT2D eigenvalue weighted by atomic mass is 35.5. The van der Waals surface area contributed by atoms with Crippen LogP contribution in [0.3, 0.4) is 0 Å². The zero-order chi connectivity index (χ0) is 15.0. The van der Waals surface area contributed by atoms with Crippen molar-refractivity contribution in [3.8, 4) is 5.75 Å². The van der Waals surface area contributed by atoms with E-state index in [2.05, 4.69) is 0 Å². The van der Waals surface area contributed by atoms with Gasteiger partial charge in [0.25, 0.3) is 0 Å². The molecule has 0 bridgehead atoms. The summed E-state index contributed by atoms with van der Waals surface area (Å²) in [5, 5.41) is 0.615. The molecule has 20 heavy (non-hydrogen) atoms. The number of benzene rings is 1. The van der Waals surface area contributed by atoms with Crippen molar-refractivity contribution in [2.75, 3.05) is 6.61 Å². The molecule has 0 radical (unpaired) electrons. The van der Waals surface area contributed by atoms with Crippen molar-refractivity contribution < 1.29 is 19.1 Å².